The number of hydrogen-bond donors (Lipinski definition) is 1. The number of aryl methyl sites for hydroxylation is 1. The van der Waals surface area contributed by atoms with E-state index in [-0.39, 0.29) is 16.8 Å². The molecule has 1 heterocycles. The molecule has 0 unspecified atom stereocenters. The number of nitro groups is 2. The van der Waals surface area contributed by atoms with Gasteiger partial charge in [0.1, 0.15) is 0 Å². The van der Waals surface area contributed by atoms with Gasteiger partial charge in [-0.1, -0.05) is 18.2 Å². The normalized spacial score (nSPS) is 11.0. The van der Waals surface area contributed by atoms with Crippen molar-refractivity contribution < 1.29 is 9.85 Å². The zero-order chi connectivity index (χ0) is 19.6. The van der Waals surface area contributed by atoms with Crippen LogP contribution in [0.2, 0.25) is 0 Å². The summed E-state index contributed by atoms with van der Waals surface area (Å²) in [6.07, 6.45) is 1.28. The number of nitrogens with one attached hydrogen (secondary N) is 1. The van der Waals surface area contributed by atoms with E-state index in [1.54, 1.807) is 31.2 Å². The fourth-order valence-corrected chi connectivity index (χ4v) is 2.50. The first kappa shape index (κ1) is 17.7. The number of hydrogen-bond acceptors (Lipinski definition) is 6. The predicted molar refractivity (Wildman–Crippen MR) is 98.1 cm³/mol. The summed E-state index contributed by atoms with van der Waals surface area (Å²) < 4.78 is 1.36. The molecule has 136 valence electrons. The zero-order valence-corrected chi connectivity index (χ0v) is 14.0. The number of para-hydroxylation sites is 1. The molecule has 0 aliphatic heterocycles. The third kappa shape index (κ3) is 3.49. The van der Waals surface area contributed by atoms with E-state index in [0.29, 0.717) is 11.4 Å². The van der Waals surface area contributed by atoms with Crippen LogP contribution in [0.15, 0.2) is 58.3 Å². The summed E-state index contributed by atoms with van der Waals surface area (Å²) in [4.78, 5) is 36.8. The van der Waals surface area contributed by atoms with Crippen LogP contribution >= 0.6 is 0 Å². The second-order valence-electron chi connectivity index (χ2n) is 5.57. The topological polar surface area (TPSA) is 136 Å². The minimum atomic E-state index is -0.846. The van der Waals surface area contributed by atoms with Crippen LogP contribution < -0.4 is 5.56 Å². The molecule has 1 N–H and O–H groups in total. The summed E-state index contributed by atoms with van der Waals surface area (Å²) in [5.74, 6) is 0. The van der Waals surface area contributed by atoms with Crippen molar-refractivity contribution in [2.45, 2.75) is 6.92 Å². The van der Waals surface area contributed by atoms with Crippen molar-refractivity contribution in [2.24, 2.45) is 4.99 Å². The molecule has 0 spiro atoms. The Hall–Kier alpha value is -4.08. The lowest BCUT2D eigenvalue weighted by Gasteiger charge is -1.99. The maximum atomic E-state index is 12.6. The van der Waals surface area contributed by atoms with Crippen LogP contribution in [0.25, 0.3) is 5.69 Å². The Morgan fingerprint density at radius 2 is 1.70 bits per heavy atom. The van der Waals surface area contributed by atoms with Gasteiger partial charge in [-0.2, -0.15) is 0 Å². The summed E-state index contributed by atoms with van der Waals surface area (Å²) in [5.41, 5.74) is -0.0112. The molecule has 10 nitrogen and oxygen atoms in total. The van der Waals surface area contributed by atoms with Gasteiger partial charge in [0, 0.05) is 24.0 Å². The lowest BCUT2D eigenvalue weighted by molar-refractivity contribution is -0.422. The van der Waals surface area contributed by atoms with Gasteiger partial charge in [0.2, 0.25) is 0 Å². The number of nitro benzene ring substituents is 2. The van der Waals surface area contributed by atoms with E-state index in [1.807, 2.05) is 6.07 Å². The average molecular weight is 367 g/mol. The number of benzene rings is 2. The van der Waals surface area contributed by atoms with Crippen LogP contribution in [-0.4, -0.2) is 25.8 Å². The number of nitrogens with zero attached hydrogens (tertiary/aromatic N) is 4. The molecule has 0 aliphatic carbocycles. The Morgan fingerprint density at radius 3 is 2.33 bits per heavy atom. The van der Waals surface area contributed by atoms with Crippen LogP contribution in [0.3, 0.4) is 0 Å². The highest BCUT2D eigenvalue weighted by Crippen LogP contribution is 2.30. The van der Waals surface area contributed by atoms with E-state index < -0.39 is 21.2 Å². The van der Waals surface area contributed by atoms with E-state index in [1.165, 1.54) is 17.0 Å². The SMILES string of the molecule is Cc1[nH]n(-c2ccccc2)c(=O)c1C=Nc1ccc([N+](=O)[O-])c([N+](=O)[O-])c1. The van der Waals surface area contributed by atoms with Crippen LogP contribution in [-0.2, 0) is 0 Å². The van der Waals surface area contributed by atoms with Gasteiger partial charge in [-0.3, -0.25) is 35.1 Å². The Labute approximate surface area is 151 Å². The first-order valence-electron chi connectivity index (χ1n) is 7.72. The quantitative estimate of drug-likeness (QED) is 0.420. The molecule has 27 heavy (non-hydrogen) atoms. The fourth-order valence-electron chi connectivity index (χ4n) is 2.50. The minimum Gasteiger partial charge on any atom is -0.295 e. The molecule has 0 amide bonds. The molecular formula is C17H13N5O5. The number of aromatic amines is 1. The molecular weight excluding hydrogens is 354 g/mol. The van der Waals surface area contributed by atoms with Crippen molar-refractivity contribution >= 4 is 23.3 Å². The second-order valence-corrected chi connectivity index (χ2v) is 5.57. The Bertz CT molecular complexity index is 1110. The van der Waals surface area contributed by atoms with Crippen LogP contribution in [0.1, 0.15) is 11.3 Å². The molecule has 0 fully saturated rings. The van der Waals surface area contributed by atoms with Crippen molar-refractivity contribution in [3.63, 3.8) is 0 Å². The van der Waals surface area contributed by atoms with Gasteiger partial charge in [0.05, 0.1) is 26.8 Å². The predicted octanol–water partition coefficient (Wildman–Crippen LogP) is 3.04. The average Bonchev–Trinajstić information content (AvgIpc) is 2.94. The number of rotatable bonds is 5. The van der Waals surface area contributed by atoms with Crippen molar-refractivity contribution in [2.75, 3.05) is 0 Å². The van der Waals surface area contributed by atoms with Crippen LogP contribution in [0.4, 0.5) is 17.1 Å². The molecule has 0 aliphatic rings. The molecule has 0 radical (unpaired) electrons. The molecule has 10 heteroatoms. The summed E-state index contributed by atoms with van der Waals surface area (Å²) in [6, 6.07) is 12.2. The molecule has 2 aromatic carbocycles. The number of H-pyrrole nitrogens is 1. The molecule has 1 aromatic heterocycles. The molecule has 0 atom stereocenters. The summed E-state index contributed by atoms with van der Waals surface area (Å²) >= 11 is 0. The van der Waals surface area contributed by atoms with Gasteiger partial charge in [0.15, 0.2) is 0 Å². The van der Waals surface area contributed by atoms with Crippen LogP contribution in [0.5, 0.6) is 0 Å². The van der Waals surface area contributed by atoms with Crippen molar-refractivity contribution in [3.05, 3.63) is 90.4 Å². The van der Waals surface area contributed by atoms with E-state index in [2.05, 4.69) is 10.1 Å². The largest absolute Gasteiger partial charge is 0.348 e. The Kier molecular flexibility index (Phi) is 4.62. The Balaban J connectivity index is 1.99. The summed E-state index contributed by atoms with van der Waals surface area (Å²) in [6.45, 7) is 1.69. The lowest BCUT2D eigenvalue weighted by atomic mass is 10.2. The lowest BCUT2D eigenvalue weighted by Crippen LogP contribution is -2.17. The van der Waals surface area contributed by atoms with Crippen molar-refractivity contribution in [3.8, 4) is 5.69 Å². The van der Waals surface area contributed by atoms with Gasteiger partial charge in [-0.15, -0.1) is 0 Å². The molecule has 0 saturated heterocycles. The highest BCUT2D eigenvalue weighted by molar-refractivity contribution is 5.83. The van der Waals surface area contributed by atoms with E-state index >= 15 is 0 Å². The smallest absolute Gasteiger partial charge is 0.295 e. The van der Waals surface area contributed by atoms with Gasteiger partial charge in [-0.25, -0.2) is 4.68 Å². The minimum absolute atomic E-state index is 0.124. The van der Waals surface area contributed by atoms with Gasteiger partial charge in [0.25, 0.3) is 5.56 Å². The molecule has 3 aromatic rings. The number of aromatic nitrogens is 2. The third-order valence-electron chi connectivity index (χ3n) is 3.83. The highest BCUT2D eigenvalue weighted by Gasteiger charge is 2.24. The van der Waals surface area contributed by atoms with Gasteiger partial charge < -0.3 is 0 Å². The Morgan fingerprint density at radius 1 is 1.04 bits per heavy atom. The molecule has 0 saturated carbocycles. The molecule has 3 rings (SSSR count). The first-order chi connectivity index (χ1) is 12.9. The second kappa shape index (κ2) is 7.04. The van der Waals surface area contributed by atoms with Crippen molar-refractivity contribution in [1.82, 2.24) is 9.78 Å². The van der Waals surface area contributed by atoms with Gasteiger partial charge in [-0.05, 0) is 25.1 Å². The van der Waals surface area contributed by atoms with Crippen molar-refractivity contribution in [1.29, 1.82) is 0 Å². The van der Waals surface area contributed by atoms with Gasteiger partial charge >= 0.3 is 11.4 Å². The number of aliphatic imine (C=N–C) groups is 1. The summed E-state index contributed by atoms with van der Waals surface area (Å²) in [7, 11) is 0. The van der Waals surface area contributed by atoms with E-state index in [4.69, 9.17) is 0 Å². The monoisotopic (exact) mass is 367 g/mol. The fraction of sp³-hybridized carbons (Fsp3) is 0.0588. The zero-order valence-electron chi connectivity index (χ0n) is 14.0. The third-order valence-corrected chi connectivity index (χ3v) is 3.83. The molecule has 0 bridgehead atoms. The standard InChI is InChI=1S/C17H13N5O5/c1-11-14(17(23)20(19-11)13-5-3-2-4-6-13)10-18-12-7-8-15(21(24)25)16(9-12)22(26)27/h2-10,19H,1H3. The van der Waals surface area contributed by atoms with E-state index in [9.17, 15) is 25.0 Å². The van der Waals surface area contributed by atoms with E-state index in [0.717, 1.165) is 12.1 Å². The highest BCUT2D eigenvalue weighted by atomic mass is 16.6. The summed E-state index contributed by atoms with van der Waals surface area (Å²) in [5, 5.41) is 24.8. The maximum absolute atomic E-state index is 12.6. The van der Waals surface area contributed by atoms with Crippen LogP contribution in [0, 0.1) is 27.2 Å². The maximum Gasteiger partial charge on any atom is 0.348 e. The first-order valence-corrected chi connectivity index (χ1v) is 7.72.